The summed E-state index contributed by atoms with van der Waals surface area (Å²) in [4.78, 5) is 23.1. The molecule has 0 unspecified atom stereocenters. The van der Waals surface area contributed by atoms with Gasteiger partial charge in [-0.05, 0) is 20.8 Å². The maximum Gasteiger partial charge on any atom is 0.306 e. The molecule has 0 radical (unpaired) electrons. The summed E-state index contributed by atoms with van der Waals surface area (Å²) < 4.78 is 5.13. The van der Waals surface area contributed by atoms with Gasteiger partial charge in [0.1, 0.15) is 5.60 Å². The number of ether oxygens (including phenoxy) is 1. The van der Waals surface area contributed by atoms with E-state index in [1.54, 1.807) is 24.3 Å². The van der Waals surface area contributed by atoms with Crippen molar-refractivity contribution in [1.29, 1.82) is 0 Å². The largest absolute Gasteiger partial charge is 0.460 e. The Bertz CT molecular complexity index is 388. The van der Waals surface area contributed by atoms with Crippen LogP contribution in [0.5, 0.6) is 0 Å². The average Bonchev–Trinajstić information content (AvgIpc) is 2.25. The number of esters is 1. The van der Waals surface area contributed by atoms with E-state index in [1.165, 1.54) is 0 Å². The van der Waals surface area contributed by atoms with E-state index in [0.29, 0.717) is 5.56 Å². The highest BCUT2D eigenvalue weighted by Gasteiger charge is 2.17. The van der Waals surface area contributed by atoms with Crippen molar-refractivity contribution in [3.8, 4) is 0 Å². The van der Waals surface area contributed by atoms with Gasteiger partial charge in [0.2, 0.25) is 0 Å². The van der Waals surface area contributed by atoms with Crippen LogP contribution in [0.4, 0.5) is 0 Å². The fourth-order valence-corrected chi connectivity index (χ4v) is 1.38. The Morgan fingerprint density at radius 2 is 1.65 bits per heavy atom. The second-order valence-electron chi connectivity index (χ2n) is 4.88. The minimum atomic E-state index is -0.493. The Morgan fingerprint density at radius 3 is 2.18 bits per heavy atom. The second kappa shape index (κ2) is 5.62. The fourth-order valence-electron chi connectivity index (χ4n) is 1.38. The molecule has 0 spiro atoms. The molecule has 1 aromatic carbocycles. The van der Waals surface area contributed by atoms with Crippen molar-refractivity contribution in [2.45, 2.75) is 39.2 Å². The lowest BCUT2D eigenvalue weighted by molar-refractivity contribution is -0.154. The smallest absolute Gasteiger partial charge is 0.306 e. The lowest BCUT2D eigenvalue weighted by Gasteiger charge is -2.19. The van der Waals surface area contributed by atoms with Gasteiger partial charge in [0.05, 0.1) is 6.42 Å². The Balaban J connectivity index is 2.42. The molecule has 0 aromatic heterocycles. The van der Waals surface area contributed by atoms with Gasteiger partial charge in [-0.3, -0.25) is 9.59 Å². The molecule has 0 fully saturated rings. The van der Waals surface area contributed by atoms with Crippen LogP contribution in [-0.4, -0.2) is 17.4 Å². The third-order valence-corrected chi connectivity index (χ3v) is 2.07. The molecule has 0 aliphatic heterocycles. The topological polar surface area (TPSA) is 43.4 Å². The lowest BCUT2D eigenvalue weighted by Crippen LogP contribution is -2.24. The highest BCUT2D eigenvalue weighted by Crippen LogP contribution is 2.11. The summed E-state index contributed by atoms with van der Waals surface area (Å²) in [5, 5.41) is 0. The van der Waals surface area contributed by atoms with Gasteiger partial charge >= 0.3 is 5.97 Å². The highest BCUT2D eigenvalue weighted by molar-refractivity contribution is 5.97. The Labute approximate surface area is 102 Å². The van der Waals surface area contributed by atoms with E-state index in [2.05, 4.69) is 0 Å². The number of carbonyl (C=O) groups is 2. The van der Waals surface area contributed by atoms with Crippen molar-refractivity contribution in [3.63, 3.8) is 0 Å². The number of hydrogen-bond acceptors (Lipinski definition) is 3. The van der Waals surface area contributed by atoms with Gasteiger partial charge in [0.25, 0.3) is 0 Å². The fraction of sp³-hybridized carbons (Fsp3) is 0.429. The molecule has 0 atom stereocenters. The van der Waals surface area contributed by atoms with Crippen LogP contribution in [0.25, 0.3) is 0 Å². The lowest BCUT2D eigenvalue weighted by atomic mass is 10.1. The summed E-state index contributed by atoms with van der Waals surface area (Å²) in [6.45, 7) is 5.43. The van der Waals surface area contributed by atoms with Gasteiger partial charge in [-0.2, -0.15) is 0 Å². The first kappa shape index (κ1) is 13.4. The summed E-state index contributed by atoms with van der Waals surface area (Å²) in [6, 6.07) is 8.96. The van der Waals surface area contributed by atoms with Crippen LogP contribution < -0.4 is 0 Å². The third kappa shape index (κ3) is 5.29. The van der Waals surface area contributed by atoms with Gasteiger partial charge in [0, 0.05) is 12.0 Å². The van der Waals surface area contributed by atoms with E-state index in [-0.39, 0.29) is 24.6 Å². The number of hydrogen-bond donors (Lipinski definition) is 0. The van der Waals surface area contributed by atoms with Crippen LogP contribution in [0, 0.1) is 0 Å². The first-order valence-electron chi connectivity index (χ1n) is 5.68. The minimum Gasteiger partial charge on any atom is -0.460 e. The van der Waals surface area contributed by atoms with E-state index in [0.717, 1.165) is 0 Å². The Hall–Kier alpha value is -1.64. The zero-order chi connectivity index (χ0) is 12.9. The SMILES string of the molecule is CC(C)(C)OC(=O)CCC(=O)c1ccccc1. The molecule has 92 valence electrons. The van der Waals surface area contributed by atoms with Crippen LogP contribution in [0.3, 0.4) is 0 Å². The molecule has 0 aliphatic carbocycles. The zero-order valence-electron chi connectivity index (χ0n) is 10.5. The van der Waals surface area contributed by atoms with E-state index < -0.39 is 5.60 Å². The van der Waals surface area contributed by atoms with Crippen molar-refractivity contribution in [1.82, 2.24) is 0 Å². The number of benzene rings is 1. The number of carbonyl (C=O) groups excluding carboxylic acids is 2. The standard InChI is InChI=1S/C14H18O3/c1-14(2,3)17-13(16)10-9-12(15)11-7-5-4-6-8-11/h4-8H,9-10H2,1-3H3. The molecular weight excluding hydrogens is 216 g/mol. The molecule has 0 aliphatic rings. The molecule has 0 heterocycles. The Morgan fingerprint density at radius 1 is 1.06 bits per heavy atom. The molecule has 17 heavy (non-hydrogen) atoms. The minimum absolute atomic E-state index is 0.0311. The van der Waals surface area contributed by atoms with Crippen molar-refractivity contribution in [2.75, 3.05) is 0 Å². The average molecular weight is 234 g/mol. The maximum absolute atomic E-state index is 11.7. The van der Waals surface area contributed by atoms with Gasteiger partial charge < -0.3 is 4.74 Å². The molecule has 0 amide bonds. The summed E-state index contributed by atoms with van der Waals surface area (Å²) >= 11 is 0. The van der Waals surface area contributed by atoms with Crippen molar-refractivity contribution in [3.05, 3.63) is 35.9 Å². The van der Waals surface area contributed by atoms with Crippen molar-refractivity contribution in [2.24, 2.45) is 0 Å². The van der Waals surface area contributed by atoms with Gasteiger partial charge in [-0.25, -0.2) is 0 Å². The molecule has 1 aromatic rings. The second-order valence-corrected chi connectivity index (χ2v) is 4.88. The molecule has 1 rings (SSSR count). The van der Waals surface area contributed by atoms with E-state index in [9.17, 15) is 9.59 Å². The van der Waals surface area contributed by atoms with Crippen LogP contribution in [0.1, 0.15) is 44.0 Å². The summed E-state index contributed by atoms with van der Waals surface area (Å²) in [5.74, 6) is -0.363. The first-order chi connectivity index (χ1) is 7.88. The van der Waals surface area contributed by atoms with Gasteiger partial charge in [-0.15, -0.1) is 0 Å². The molecule has 0 saturated heterocycles. The maximum atomic E-state index is 11.7. The third-order valence-electron chi connectivity index (χ3n) is 2.07. The molecule has 3 heteroatoms. The predicted octanol–water partition coefficient (Wildman–Crippen LogP) is 2.99. The highest BCUT2D eigenvalue weighted by atomic mass is 16.6. The summed E-state index contributed by atoms with van der Waals surface area (Å²) in [5.41, 5.74) is 0.142. The molecule has 3 nitrogen and oxygen atoms in total. The quantitative estimate of drug-likeness (QED) is 0.594. The van der Waals surface area contributed by atoms with Gasteiger partial charge in [0.15, 0.2) is 5.78 Å². The number of Topliss-reactive ketones (excluding diaryl/α,β-unsaturated/α-hetero) is 1. The van der Waals surface area contributed by atoms with Crippen LogP contribution in [0.15, 0.2) is 30.3 Å². The van der Waals surface area contributed by atoms with Crippen LogP contribution in [-0.2, 0) is 9.53 Å². The predicted molar refractivity (Wildman–Crippen MR) is 65.9 cm³/mol. The van der Waals surface area contributed by atoms with E-state index >= 15 is 0 Å². The van der Waals surface area contributed by atoms with Crippen molar-refractivity contribution >= 4 is 11.8 Å². The first-order valence-corrected chi connectivity index (χ1v) is 5.68. The van der Waals surface area contributed by atoms with E-state index in [1.807, 2.05) is 26.8 Å². The van der Waals surface area contributed by atoms with Crippen LogP contribution in [0.2, 0.25) is 0 Å². The van der Waals surface area contributed by atoms with Crippen molar-refractivity contribution < 1.29 is 14.3 Å². The molecule has 0 N–H and O–H groups in total. The van der Waals surface area contributed by atoms with E-state index in [4.69, 9.17) is 4.74 Å². The summed E-state index contributed by atoms with van der Waals surface area (Å²) in [7, 11) is 0. The Kier molecular flexibility index (Phi) is 4.44. The zero-order valence-corrected chi connectivity index (χ0v) is 10.5. The normalized spacial score (nSPS) is 11.0. The monoisotopic (exact) mass is 234 g/mol. The number of ketones is 1. The van der Waals surface area contributed by atoms with Gasteiger partial charge in [-0.1, -0.05) is 30.3 Å². The molecule has 0 saturated carbocycles. The molecule has 0 bridgehead atoms. The van der Waals surface area contributed by atoms with Crippen LogP contribution >= 0.6 is 0 Å². The number of rotatable bonds is 4. The summed E-state index contributed by atoms with van der Waals surface area (Å²) in [6.07, 6.45) is 0.323. The molecular formula is C14H18O3.